The molecule has 1 unspecified atom stereocenters. The van der Waals surface area contributed by atoms with Crippen LogP contribution >= 0.6 is 0 Å². The molecule has 3 aromatic rings. The molecule has 0 bridgehead atoms. The highest BCUT2D eigenvalue weighted by Gasteiger charge is 2.28. The largest absolute Gasteiger partial charge is 0.496 e. The second-order valence-corrected chi connectivity index (χ2v) is 8.26. The maximum Gasteiger partial charge on any atom is 0.335 e. The van der Waals surface area contributed by atoms with Crippen LogP contribution in [-0.4, -0.2) is 41.2 Å². The van der Waals surface area contributed by atoms with Gasteiger partial charge in [-0.05, 0) is 68.6 Å². The van der Waals surface area contributed by atoms with Crippen LogP contribution in [0.2, 0.25) is 0 Å². The highest BCUT2D eigenvalue weighted by atomic mass is 16.5. The van der Waals surface area contributed by atoms with Gasteiger partial charge in [-0.3, -0.25) is 4.90 Å². The Morgan fingerprint density at radius 2 is 2.13 bits per heavy atom. The summed E-state index contributed by atoms with van der Waals surface area (Å²) in [6.45, 7) is 6.67. The average molecular weight is 422 g/mol. The number of benzene rings is 2. The van der Waals surface area contributed by atoms with E-state index in [1.807, 2.05) is 19.2 Å². The number of aromatic amines is 1. The molecule has 2 aromatic carbocycles. The number of aryl methyl sites for hydroxylation is 1. The van der Waals surface area contributed by atoms with Crippen LogP contribution in [0.1, 0.15) is 59.3 Å². The van der Waals surface area contributed by atoms with Gasteiger partial charge in [-0.25, -0.2) is 4.79 Å². The molecule has 0 amide bonds. The van der Waals surface area contributed by atoms with E-state index in [9.17, 15) is 9.90 Å². The van der Waals surface area contributed by atoms with Gasteiger partial charge in [-0.2, -0.15) is 0 Å². The first-order chi connectivity index (χ1) is 15.0. The van der Waals surface area contributed by atoms with Gasteiger partial charge in [-0.15, -0.1) is 0 Å². The van der Waals surface area contributed by atoms with Gasteiger partial charge in [0.15, 0.2) is 0 Å². The molecular formula is C25H31N3O3. The van der Waals surface area contributed by atoms with Crippen LogP contribution in [0.25, 0.3) is 10.9 Å². The molecule has 1 fully saturated rings. The predicted molar refractivity (Wildman–Crippen MR) is 124 cm³/mol. The number of nitrogens with one attached hydrogen (secondary N) is 2. The molecule has 1 aliphatic rings. The standard InChI is InChI=1S/C25H31N3O3/c1-4-26-21-14-17(25(29)30)8-9-19(21)22-7-5-6-12-28(22)15-20-18-10-11-27-24(18)16(2)13-23(20)31-3/h8-11,13-14,22,26-27H,4-7,12,15H2,1-3H3,(H,29,30). The van der Waals surface area contributed by atoms with Crippen LogP contribution in [0.15, 0.2) is 36.5 Å². The van der Waals surface area contributed by atoms with Crippen molar-refractivity contribution in [2.75, 3.05) is 25.5 Å². The van der Waals surface area contributed by atoms with E-state index >= 15 is 0 Å². The van der Waals surface area contributed by atoms with E-state index in [2.05, 4.69) is 34.3 Å². The van der Waals surface area contributed by atoms with E-state index in [4.69, 9.17) is 4.74 Å². The van der Waals surface area contributed by atoms with Gasteiger partial charge in [0, 0.05) is 47.5 Å². The topological polar surface area (TPSA) is 77.6 Å². The lowest BCUT2D eigenvalue weighted by molar-refractivity contribution is 0.0697. The number of hydrogen-bond acceptors (Lipinski definition) is 4. The van der Waals surface area contributed by atoms with Crippen molar-refractivity contribution in [1.82, 2.24) is 9.88 Å². The number of aromatic nitrogens is 1. The second-order valence-electron chi connectivity index (χ2n) is 8.26. The fourth-order valence-corrected chi connectivity index (χ4v) is 4.84. The van der Waals surface area contributed by atoms with E-state index in [1.54, 1.807) is 19.2 Å². The molecule has 3 N–H and O–H groups in total. The molecule has 1 aliphatic heterocycles. The molecule has 0 radical (unpaired) electrons. The van der Waals surface area contributed by atoms with Gasteiger partial charge in [0.25, 0.3) is 0 Å². The van der Waals surface area contributed by atoms with Crippen LogP contribution in [0.5, 0.6) is 5.75 Å². The number of rotatable bonds is 7. The predicted octanol–water partition coefficient (Wildman–Crippen LogP) is 5.34. The van der Waals surface area contributed by atoms with Crippen molar-refractivity contribution >= 4 is 22.6 Å². The molecule has 6 nitrogen and oxygen atoms in total. The lowest BCUT2D eigenvalue weighted by Gasteiger charge is -2.37. The molecule has 1 aromatic heterocycles. The van der Waals surface area contributed by atoms with Crippen molar-refractivity contribution in [3.05, 3.63) is 58.8 Å². The molecule has 0 aliphatic carbocycles. The smallest absolute Gasteiger partial charge is 0.335 e. The van der Waals surface area contributed by atoms with E-state index in [-0.39, 0.29) is 6.04 Å². The molecule has 164 valence electrons. The third-order valence-electron chi connectivity index (χ3n) is 6.33. The molecule has 0 saturated carbocycles. The van der Waals surface area contributed by atoms with E-state index in [0.29, 0.717) is 5.56 Å². The van der Waals surface area contributed by atoms with Crippen LogP contribution in [-0.2, 0) is 6.54 Å². The molecular weight excluding hydrogens is 390 g/mol. The first-order valence-corrected chi connectivity index (χ1v) is 11.0. The van der Waals surface area contributed by atoms with Crippen molar-refractivity contribution in [3.8, 4) is 5.75 Å². The number of carbonyl (C=O) groups is 1. The Morgan fingerprint density at radius 1 is 1.29 bits per heavy atom. The van der Waals surface area contributed by atoms with Gasteiger partial charge in [0.05, 0.1) is 12.7 Å². The Balaban J connectivity index is 1.73. The zero-order valence-electron chi connectivity index (χ0n) is 18.5. The summed E-state index contributed by atoms with van der Waals surface area (Å²) in [6.07, 6.45) is 5.36. The zero-order valence-corrected chi connectivity index (χ0v) is 18.5. The Hall–Kier alpha value is -2.99. The number of methoxy groups -OCH3 is 1. The van der Waals surface area contributed by atoms with Gasteiger partial charge < -0.3 is 20.1 Å². The fourth-order valence-electron chi connectivity index (χ4n) is 4.84. The van der Waals surface area contributed by atoms with Crippen molar-refractivity contribution in [2.24, 2.45) is 0 Å². The maximum absolute atomic E-state index is 11.5. The lowest BCUT2D eigenvalue weighted by Crippen LogP contribution is -2.33. The summed E-state index contributed by atoms with van der Waals surface area (Å²) in [5.74, 6) is 0.0208. The number of carboxylic acids is 1. The highest BCUT2D eigenvalue weighted by Crippen LogP contribution is 2.39. The third kappa shape index (κ3) is 4.12. The Morgan fingerprint density at radius 3 is 2.87 bits per heavy atom. The third-order valence-corrected chi connectivity index (χ3v) is 6.33. The van der Waals surface area contributed by atoms with E-state index < -0.39 is 5.97 Å². The number of piperidine rings is 1. The summed E-state index contributed by atoms with van der Waals surface area (Å²) in [6, 6.07) is 9.95. The molecule has 0 spiro atoms. The normalized spacial score (nSPS) is 17.1. The minimum absolute atomic E-state index is 0.227. The number of ether oxygens (including phenoxy) is 1. The van der Waals surface area contributed by atoms with Gasteiger partial charge in [0.2, 0.25) is 0 Å². The highest BCUT2D eigenvalue weighted by molar-refractivity contribution is 5.89. The number of H-pyrrole nitrogens is 1. The van der Waals surface area contributed by atoms with Crippen molar-refractivity contribution < 1.29 is 14.6 Å². The Bertz CT molecular complexity index is 1090. The molecule has 1 saturated heterocycles. The summed E-state index contributed by atoms with van der Waals surface area (Å²) in [5, 5.41) is 14.0. The number of hydrogen-bond donors (Lipinski definition) is 3. The minimum Gasteiger partial charge on any atom is -0.496 e. The Kier molecular flexibility index (Phi) is 6.18. The van der Waals surface area contributed by atoms with Gasteiger partial charge >= 0.3 is 5.97 Å². The van der Waals surface area contributed by atoms with E-state index in [1.165, 1.54) is 22.1 Å². The first-order valence-electron chi connectivity index (χ1n) is 11.0. The van der Waals surface area contributed by atoms with Crippen LogP contribution in [0, 0.1) is 6.92 Å². The molecule has 1 atom stereocenters. The fraction of sp³-hybridized carbons (Fsp3) is 0.400. The summed E-state index contributed by atoms with van der Waals surface area (Å²) in [7, 11) is 1.73. The van der Waals surface area contributed by atoms with Crippen LogP contribution in [0.3, 0.4) is 0 Å². The molecule has 6 heteroatoms. The van der Waals surface area contributed by atoms with Crippen molar-refractivity contribution in [3.63, 3.8) is 0 Å². The second kappa shape index (κ2) is 9.02. The summed E-state index contributed by atoms with van der Waals surface area (Å²) in [4.78, 5) is 17.4. The van der Waals surface area contributed by atoms with Crippen molar-refractivity contribution in [1.29, 1.82) is 0 Å². The van der Waals surface area contributed by atoms with Crippen LogP contribution in [0.4, 0.5) is 5.69 Å². The zero-order chi connectivity index (χ0) is 22.0. The molecule has 2 heterocycles. The minimum atomic E-state index is -0.898. The summed E-state index contributed by atoms with van der Waals surface area (Å²) in [5.41, 5.74) is 5.93. The van der Waals surface area contributed by atoms with Crippen LogP contribution < -0.4 is 10.1 Å². The maximum atomic E-state index is 11.5. The summed E-state index contributed by atoms with van der Waals surface area (Å²) < 4.78 is 5.77. The van der Waals surface area contributed by atoms with E-state index in [0.717, 1.165) is 55.9 Å². The lowest BCUT2D eigenvalue weighted by atomic mass is 9.92. The average Bonchev–Trinajstić information content (AvgIpc) is 3.27. The number of anilines is 1. The van der Waals surface area contributed by atoms with Crippen molar-refractivity contribution in [2.45, 2.75) is 45.7 Å². The quantitative estimate of drug-likeness (QED) is 0.480. The monoisotopic (exact) mass is 421 g/mol. The summed E-state index contributed by atoms with van der Waals surface area (Å²) >= 11 is 0. The number of carboxylic acid groups (broad SMARTS) is 1. The number of fused-ring (bicyclic) bond motifs is 1. The number of nitrogens with zero attached hydrogens (tertiary/aromatic N) is 1. The number of aromatic carboxylic acids is 1. The first kappa shape index (κ1) is 21.2. The molecule has 31 heavy (non-hydrogen) atoms. The Labute approximate surface area is 183 Å². The van der Waals surface area contributed by atoms with Gasteiger partial charge in [-0.1, -0.05) is 12.5 Å². The number of likely N-dealkylation sites (tertiary alicyclic amines) is 1. The van der Waals surface area contributed by atoms with Gasteiger partial charge in [0.1, 0.15) is 5.75 Å². The SMILES string of the molecule is CCNc1cc(C(=O)O)ccc1C1CCCCN1Cc1c(OC)cc(C)c2[nH]ccc12. The molecule has 4 rings (SSSR count).